The number of phenolic OH excluding ortho intramolecular Hbond substituents is 2. The third-order valence-electron chi connectivity index (χ3n) is 7.13. The van der Waals surface area contributed by atoms with E-state index in [1.54, 1.807) is 24.3 Å². The molecule has 2 aromatic rings. The molecule has 0 radical (unpaired) electrons. The second-order valence-corrected chi connectivity index (χ2v) is 9.26. The van der Waals surface area contributed by atoms with Crippen LogP contribution < -0.4 is 14.2 Å². The Bertz CT molecular complexity index is 1070. The molecule has 2 aromatic carbocycles. The molecule has 0 amide bonds. The Balaban J connectivity index is 1.67. The lowest BCUT2D eigenvalue weighted by molar-refractivity contribution is -0.303. The Hall–Kier alpha value is -2.84. The van der Waals surface area contributed by atoms with Gasteiger partial charge in [0.2, 0.25) is 5.75 Å². The number of hydrogen-bond acceptors (Lipinski definition) is 12. The van der Waals surface area contributed by atoms with Crippen molar-refractivity contribution in [3.05, 3.63) is 41.5 Å². The van der Waals surface area contributed by atoms with Gasteiger partial charge >= 0.3 is 0 Å². The molecule has 0 unspecified atom stereocenters. The fourth-order valence-corrected chi connectivity index (χ4v) is 4.97. The van der Waals surface area contributed by atoms with Crippen molar-refractivity contribution in [3.8, 4) is 28.7 Å². The number of ether oxygens (including phenoxy) is 6. The first-order valence-electron chi connectivity index (χ1n) is 12.1. The molecule has 4 rings (SSSR count). The van der Waals surface area contributed by atoms with E-state index in [0.29, 0.717) is 5.56 Å². The minimum atomic E-state index is -1.58. The molecular weight excluding hydrogens is 504 g/mol. The Morgan fingerprint density at radius 1 is 0.842 bits per heavy atom. The minimum absolute atomic E-state index is 0.0196. The Labute approximate surface area is 219 Å². The molecule has 0 aliphatic carbocycles. The van der Waals surface area contributed by atoms with Gasteiger partial charge in [0, 0.05) is 11.8 Å². The van der Waals surface area contributed by atoms with Crippen LogP contribution in [0.4, 0.5) is 0 Å². The molecule has 8 atom stereocenters. The molecule has 2 heterocycles. The first kappa shape index (κ1) is 28.2. The molecule has 6 N–H and O–H groups in total. The molecular formula is C26H34O12. The maximum Gasteiger partial charge on any atom is 0.200 e. The van der Waals surface area contributed by atoms with E-state index in [4.69, 9.17) is 28.4 Å². The summed E-state index contributed by atoms with van der Waals surface area (Å²) >= 11 is 0. The van der Waals surface area contributed by atoms with Crippen LogP contribution in [-0.4, -0.2) is 102 Å². The number of hydrogen-bond donors (Lipinski definition) is 6. The monoisotopic (exact) mass is 538 g/mol. The van der Waals surface area contributed by atoms with Crippen LogP contribution in [-0.2, 0) is 14.2 Å². The largest absolute Gasteiger partial charge is 0.504 e. The van der Waals surface area contributed by atoms with Crippen molar-refractivity contribution < 1.29 is 59.1 Å². The topological polar surface area (TPSA) is 177 Å². The Kier molecular flexibility index (Phi) is 8.83. The van der Waals surface area contributed by atoms with E-state index in [1.807, 2.05) is 0 Å². The molecule has 0 saturated carbocycles. The molecule has 12 heteroatoms. The van der Waals surface area contributed by atoms with Crippen molar-refractivity contribution in [2.45, 2.75) is 42.7 Å². The number of aliphatic hydroxyl groups is 4. The summed E-state index contributed by atoms with van der Waals surface area (Å²) in [5, 5.41) is 60.6. The summed E-state index contributed by atoms with van der Waals surface area (Å²) in [6.07, 6.45) is -7.68. The molecule has 2 saturated heterocycles. The number of aliphatic hydroxyl groups excluding tert-OH is 4. The third kappa shape index (κ3) is 5.34. The summed E-state index contributed by atoms with van der Waals surface area (Å²) in [6, 6.07) is 8.22. The van der Waals surface area contributed by atoms with Gasteiger partial charge in [0.05, 0.1) is 47.3 Å². The SMILES string of the molecule is COc1cc([C@H]2CO[C@H](c3cc(OC)c(O)c(OC)c3)[C@H]2CO[C@@H]2O[C@H](CO)[C@@H](O)[C@H](O)[C@H]2O)ccc1O. The van der Waals surface area contributed by atoms with Crippen molar-refractivity contribution in [1.82, 2.24) is 0 Å². The summed E-state index contributed by atoms with van der Waals surface area (Å²) in [7, 11) is 4.28. The van der Waals surface area contributed by atoms with Crippen molar-refractivity contribution in [1.29, 1.82) is 0 Å². The number of rotatable bonds is 9. The van der Waals surface area contributed by atoms with Gasteiger partial charge in [0.25, 0.3) is 0 Å². The summed E-state index contributed by atoms with van der Waals surface area (Å²) in [6.45, 7) is -0.359. The van der Waals surface area contributed by atoms with Crippen LogP contribution in [0, 0.1) is 5.92 Å². The van der Waals surface area contributed by atoms with Gasteiger partial charge in [0.15, 0.2) is 29.3 Å². The van der Waals surface area contributed by atoms with Gasteiger partial charge in [-0.2, -0.15) is 0 Å². The van der Waals surface area contributed by atoms with Gasteiger partial charge in [-0.1, -0.05) is 6.07 Å². The van der Waals surface area contributed by atoms with Gasteiger partial charge in [-0.3, -0.25) is 0 Å². The minimum Gasteiger partial charge on any atom is -0.504 e. The highest BCUT2D eigenvalue weighted by molar-refractivity contribution is 5.53. The van der Waals surface area contributed by atoms with E-state index < -0.39 is 49.3 Å². The van der Waals surface area contributed by atoms with Crippen LogP contribution in [0.2, 0.25) is 0 Å². The molecule has 2 aliphatic heterocycles. The first-order chi connectivity index (χ1) is 18.2. The lowest BCUT2D eigenvalue weighted by atomic mass is 9.83. The van der Waals surface area contributed by atoms with Crippen molar-refractivity contribution >= 4 is 0 Å². The molecule has 38 heavy (non-hydrogen) atoms. The first-order valence-corrected chi connectivity index (χ1v) is 12.1. The zero-order valence-corrected chi connectivity index (χ0v) is 21.3. The highest BCUT2D eigenvalue weighted by Gasteiger charge is 2.46. The number of methoxy groups -OCH3 is 3. The fourth-order valence-electron chi connectivity index (χ4n) is 4.97. The van der Waals surface area contributed by atoms with Gasteiger partial charge in [-0.05, 0) is 35.4 Å². The van der Waals surface area contributed by atoms with Crippen LogP contribution in [0.1, 0.15) is 23.1 Å². The van der Waals surface area contributed by atoms with Crippen LogP contribution in [0.5, 0.6) is 28.7 Å². The average Bonchev–Trinajstić information content (AvgIpc) is 3.35. The van der Waals surface area contributed by atoms with Crippen molar-refractivity contribution in [2.75, 3.05) is 41.2 Å². The van der Waals surface area contributed by atoms with E-state index in [-0.39, 0.29) is 47.9 Å². The normalized spacial score (nSPS) is 31.2. The van der Waals surface area contributed by atoms with Gasteiger partial charge in [-0.25, -0.2) is 0 Å². The highest BCUT2D eigenvalue weighted by Crippen LogP contribution is 2.48. The smallest absolute Gasteiger partial charge is 0.200 e. The Morgan fingerprint density at radius 2 is 1.47 bits per heavy atom. The van der Waals surface area contributed by atoms with Gasteiger partial charge < -0.3 is 59.1 Å². The van der Waals surface area contributed by atoms with Crippen LogP contribution in [0.3, 0.4) is 0 Å². The predicted octanol–water partition coefficient (Wildman–Crippen LogP) is 0.411. The second-order valence-electron chi connectivity index (χ2n) is 9.26. The molecule has 12 nitrogen and oxygen atoms in total. The molecule has 0 spiro atoms. The number of phenols is 2. The predicted molar refractivity (Wildman–Crippen MR) is 131 cm³/mol. The second kappa shape index (κ2) is 11.9. The third-order valence-corrected chi connectivity index (χ3v) is 7.13. The lowest BCUT2D eigenvalue weighted by Crippen LogP contribution is -2.59. The zero-order chi connectivity index (χ0) is 27.6. The Morgan fingerprint density at radius 3 is 2.08 bits per heavy atom. The van der Waals surface area contributed by atoms with Gasteiger partial charge in [-0.15, -0.1) is 0 Å². The molecule has 2 fully saturated rings. The van der Waals surface area contributed by atoms with E-state index in [1.165, 1.54) is 27.4 Å². The van der Waals surface area contributed by atoms with E-state index in [9.17, 15) is 30.6 Å². The highest BCUT2D eigenvalue weighted by atomic mass is 16.7. The quantitative estimate of drug-likeness (QED) is 0.260. The van der Waals surface area contributed by atoms with E-state index >= 15 is 0 Å². The zero-order valence-electron chi connectivity index (χ0n) is 21.3. The van der Waals surface area contributed by atoms with Crippen molar-refractivity contribution in [2.24, 2.45) is 5.92 Å². The molecule has 0 bridgehead atoms. The van der Waals surface area contributed by atoms with Crippen molar-refractivity contribution in [3.63, 3.8) is 0 Å². The van der Waals surface area contributed by atoms with Crippen LogP contribution in [0.15, 0.2) is 30.3 Å². The summed E-state index contributed by atoms with van der Waals surface area (Å²) in [5.74, 6) is -0.203. The lowest BCUT2D eigenvalue weighted by Gasteiger charge is -2.40. The number of aromatic hydroxyl groups is 2. The van der Waals surface area contributed by atoms with E-state index in [2.05, 4.69) is 0 Å². The summed E-state index contributed by atoms with van der Waals surface area (Å²) in [4.78, 5) is 0. The van der Waals surface area contributed by atoms with Crippen LogP contribution >= 0.6 is 0 Å². The molecule has 2 aliphatic rings. The summed E-state index contributed by atoms with van der Waals surface area (Å²) < 4.78 is 33.5. The number of benzene rings is 2. The molecule has 210 valence electrons. The maximum atomic E-state index is 10.4. The fraction of sp³-hybridized carbons (Fsp3) is 0.538. The average molecular weight is 539 g/mol. The van der Waals surface area contributed by atoms with Crippen LogP contribution in [0.25, 0.3) is 0 Å². The standard InChI is InChI=1S/C26H34O12/c1-33-17-6-12(4-5-16(17)28)14-10-36-25(13-7-18(34-2)21(29)19(8-13)35-3)15(14)11-37-26-24(32)23(31)22(30)20(9-27)38-26/h4-8,14-15,20,22-32H,9-11H2,1-3H3/t14-,15+,20-,22-,23+,24-,25-,26-/m1/s1. The van der Waals surface area contributed by atoms with Gasteiger partial charge in [0.1, 0.15) is 24.4 Å². The maximum absolute atomic E-state index is 10.4. The molecule has 0 aromatic heterocycles. The summed E-state index contributed by atoms with van der Waals surface area (Å²) in [5.41, 5.74) is 1.43. The van der Waals surface area contributed by atoms with E-state index in [0.717, 1.165) is 5.56 Å².